The van der Waals surface area contributed by atoms with Gasteiger partial charge in [0.1, 0.15) is 5.41 Å². The van der Waals surface area contributed by atoms with Crippen LogP contribution in [-0.2, 0) is 18.8 Å². The van der Waals surface area contributed by atoms with Crippen molar-refractivity contribution in [2.45, 2.75) is 71.5 Å². The molecule has 0 radical (unpaired) electrons. The van der Waals surface area contributed by atoms with Crippen LogP contribution in [0.5, 0.6) is 0 Å². The second-order valence-electron chi connectivity index (χ2n) is 7.48. The average molecular weight is 314 g/mol. The van der Waals surface area contributed by atoms with Gasteiger partial charge in [0.15, 0.2) is 14.1 Å². The van der Waals surface area contributed by atoms with Crippen LogP contribution < -0.4 is 0 Å². The van der Waals surface area contributed by atoms with Gasteiger partial charge in [-0.2, -0.15) is 0 Å². The van der Waals surface area contributed by atoms with Gasteiger partial charge >= 0.3 is 5.97 Å². The topological polar surface area (TPSA) is 52.6 Å². The number of rotatable bonds is 5. The number of ether oxygens (including phenoxy) is 1. The van der Waals surface area contributed by atoms with E-state index in [1.165, 1.54) is 0 Å². The van der Waals surface area contributed by atoms with Gasteiger partial charge in [0.25, 0.3) is 0 Å². The third kappa shape index (κ3) is 3.95. The molecule has 4 nitrogen and oxygen atoms in total. The Hall–Kier alpha value is -0.683. The summed E-state index contributed by atoms with van der Waals surface area (Å²) in [6, 6.07) is 0. The first-order valence-corrected chi connectivity index (χ1v) is 10.8. The van der Waals surface area contributed by atoms with Gasteiger partial charge in [0, 0.05) is 6.42 Å². The van der Waals surface area contributed by atoms with Crippen LogP contribution in [0.4, 0.5) is 0 Å². The summed E-state index contributed by atoms with van der Waals surface area (Å²) in [5, 5.41) is 0.0561. The van der Waals surface area contributed by atoms with Crippen molar-refractivity contribution in [2.24, 2.45) is 5.41 Å². The normalized spacial score (nSPS) is 24.0. The number of ketones is 1. The molecule has 0 aromatic rings. The summed E-state index contributed by atoms with van der Waals surface area (Å²) in [5.74, 6) is -0.403. The lowest BCUT2D eigenvalue weighted by atomic mass is 9.73. The van der Waals surface area contributed by atoms with Crippen LogP contribution in [0.2, 0.25) is 18.1 Å². The van der Waals surface area contributed by atoms with E-state index >= 15 is 0 Å². The molecule has 122 valence electrons. The van der Waals surface area contributed by atoms with Crippen LogP contribution in [-0.4, -0.2) is 33.3 Å². The van der Waals surface area contributed by atoms with Crippen LogP contribution in [0.3, 0.4) is 0 Å². The van der Waals surface area contributed by atoms with Crippen molar-refractivity contribution in [1.82, 2.24) is 0 Å². The standard InChI is InChI=1S/C16H30O4Si/c1-7-19-14(18)16(11-9-8-10-13(16)17)12-20-21(5,6)15(2,3)4/h7-12H2,1-6H3. The van der Waals surface area contributed by atoms with Gasteiger partial charge in [0.05, 0.1) is 13.2 Å². The lowest BCUT2D eigenvalue weighted by molar-refractivity contribution is -0.164. The van der Waals surface area contributed by atoms with Gasteiger partial charge in [-0.1, -0.05) is 27.2 Å². The monoisotopic (exact) mass is 314 g/mol. The van der Waals surface area contributed by atoms with Crippen LogP contribution in [0.25, 0.3) is 0 Å². The summed E-state index contributed by atoms with van der Waals surface area (Å²) < 4.78 is 11.4. The molecule has 1 fully saturated rings. The minimum Gasteiger partial charge on any atom is -0.465 e. The number of hydrogen-bond acceptors (Lipinski definition) is 4. The smallest absolute Gasteiger partial charge is 0.321 e. The molecule has 0 bridgehead atoms. The highest BCUT2D eigenvalue weighted by Crippen LogP contribution is 2.40. The lowest BCUT2D eigenvalue weighted by Crippen LogP contribution is -2.51. The number of Topliss-reactive ketones (excluding diaryl/α,β-unsaturated/α-hetero) is 1. The first kappa shape index (κ1) is 18.4. The fourth-order valence-corrected chi connectivity index (χ4v) is 3.35. The first-order valence-electron chi connectivity index (χ1n) is 7.91. The molecule has 0 heterocycles. The molecule has 5 heteroatoms. The van der Waals surface area contributed by atoms with Gasteiger partial charge in [-0.3, -0.25) is 9.59 Å². The number of hydrogen-bond donors (Lipinski definition) is 0. The molecule has 0 saturated heterocycles. The van der Waals surface area contributed by atoms with E-state index in [1.807, 2.05) is 0 Å². The van der Waals surface area contributed by atoms with Crippen molar-refractivity contribution < 1.29 is 18.8 Å². The summed E-state index contributed by atoms with van der Waals surface area (Å²) in [4.78, 5) is 24.8. The maximum atomic E-state index is 12.4. The summed E-state index contributed by atoms with van der Waals surface area (Å²) in [6.07, 6.45) is 2.75. The van der Waals surface area contributed by atoms with E-state index in [-0.39, 0.29) is 17.4 Å². The summed E-state index contributed by atoms with van der Waals surface area (Å²) in [7, 11) is -1.99. The molecule has 1 saturated carbocycles. The van der Waals surface area contributed by atoms with Gasteiger partial charge < -0.3 is 9.16 Å². The highest BCUT2D eigenvalue weighted by atomic mass is 28.4. The van der Waals surface area contributed by atoms with Crippen molar-refractivity contribution in [1.29, 1.82) is 0 Å². The average Bonchev–Trinajstić information content (AvgIpc) is 2.37. The van der Waals surface area contributed by atoms with Crippen molar-refractivity contribution in [3.8, 4) is 0 Å². The van der Waals surface area contributed by atoms with E-state index in [2.05, 4.69) is 33.9 Å². The zero-order valence-corrected chi connectivity index (χ0v) is 15.4. The number of carbonyl (C=O) groups excluding carboxylic acids is 2. The quantitative estimate of drug-likeness (QED) is 0.441. The molecule has 0 aliphatic heterocycles. The van der Waals surface area contributed by atoms with Crippen molar-refractivity contribution in [2.75, 3.05) is 13.2 Å². The summed E-state index contributed by atoms with van der Waals surface area (Å²) in [6.45, 7) is 13.0. The Bertz CT molecular complexity index is 398. The van der Waals surface area contributed by atoms with Gasteiger partial charge in [0.2, 0.25) is 0 Å². The van der Waals surface area contributed by atoms with Crippen LogP contribution in [0, 0.1) is 5.41 Å². The first-order chi connectivity index (χ1) is 9.57. The van der Waals surface area contributed by atoms with E-state index in [1.54, 1.807) is 6.92 Å². The van der Waals surface area contributed by atoms with Gasteiger partial charge in [-0.25, -0.2) is 0 Å². The number of esters is 1. The van der Waals surface area contributed by atoms with Crippen molar-refractivity contribution in [3.05, 3.63) is 0 Å². The fraction of sp³-hybridized carbons (Fsp3) is 0.875. The maximum absolute atomic E-state index is 12.4. The Morgan fingerprint density at radius 1 is 1.29 bits per heavy atom. The molecule has 1 atom stereocenters. The van der Waals surface area contributed by atoms with Crippen LogP contribution >= 0.6 is 0 Å². The predicted octanol–water partition coefficient (Wildman–Crippen LogP) is 3.70. The molecular weight excluding hydrogens is 284 g/mol. The molecule has 0 N–H and O–H groups in total. The summed E-state index contributed by atoms with van der Waals surface area (Å²) >= 11 is 0. The van der Waals surface area contributed by atoms with E-state index < -0.39 is 19.7 Å². The zero-order valence-electron chi connectivity index (χ0n) is 14.4. The minimum absolute atomic E-state index is 0.00842. The fourth-order valence-electron chi connectivity index (χ4n) is 2.31. The van der Waals surface area contributed by atoms with Gasteiger partial charge in [-0.15, -0.1) is 0 Å². The predicted molar refractivity (Wildman–Crippen MR) is 85.7 cm³/mol. The molecule has 0 aromatic carbocycles. The van der Waals surface area contributed by atoms with Crippen molar-refractivity contribution in [3.63, 3.8) is 0 Å². The molecule has 0 aromatic heterocycles. The molecule has 1 rings (SSSR count). The van der Waals surface area contributed by atoms with E-state index in [0.29, 0.717) is 19.4 Å². The SMILES string of the molecule is CCOC(=O)C1(CO[Si](C)(C)C(C)(C)C)CCCCC1=O. The van der Waals surface area contributed by atoms with Crippen molar-refractivity contribution >= 4 is 20.1 Å². The Kier molecular flexibility index (Phi) is 5.78. The molecule has 1 aliphatic rings. The Morgan fingerprint density at radius 2 is 1.90 bits per heavy atom. The zero-order chi connectivity index (χ0) is 16.3. The number of carbonyl (C=O) groups is 2. The molecular formula is C16H30O4Si. The Balaban J connectivity index is 2.94. The largest absolute Gasteiger partial charge is 0.465 e. The third-order valence-electron chi connectivity index (χ3n) is 4.94. The van der Waals surface area contributed by atoms with Gasteiger partial charge in [-0.05, 0) is 37.9 Å². The van der Waals surface area contributed by atoms with Crippen LogP contribution in [0.1, 0.15) is 53.4 Å². The highest BCUT2D eigenvalue weighted by molar-refractivity contribution is 6.74. The van der Waals surface area contributed by atoms with E-state index in [4.69, 9.17) is 9.16 Å². The minimum atomic E-state index is -1.99. The van der Waals surface area contributed by atoms with E-state index in [9.17, 15) is 9.59 Å². The molecule has 0 amide bonds. The summed E-state index contributed by atoms with van der Waals surface area (Å²) in [5.41, 5.74) is -1.07. The van der Waals surface area contributed by atoms with E-state index in [0.717, 1.165) is 12.8 Å². The lowest BCUT2D eigenvalue weighted by Gasteiger charge is -2.40. The molecule has 1 unspecified atom stereocenters. The second-order valence-corrected chi connectivity index (χ2v) is 12.3. The maximum Gasteiger partial charge on any atom is 0.321 e. The highest BCUT2D eigenvalue weighted by Gasteiger charge is 2.50. The second kappa shape index (κ2) is 6.61. The molecule has 0 spiro atoms. The molecule has 1 aliphatic carbocycles. The van der Waals surface area contributed by atoms with Crippen LogP contribution in [0.15, 0.2) is 0 Å². The Morgan fingerprint density at radius 3 is 2.38 bits per heavy atom. The molecule has 21 heavy (non-hydrogen) atoms. The third-order valence-corrected chi connectivity index (χ3v) is 9.42. The Labute approximate surface area is 129 Å².